The molecule has 0 fully saturated rings. The fourth-order valence-electron chi connectivity index (χ4n) is 2.31. The van der Waals surface area contributed by atoms with E-state index >= 15 is 0 Å². The predicted octanol–water partition coefficient (Wildman–Crippen LogP) is 2.87. The number of hydrogen-bond acceptors (Lipinski definition) is 3. The molecule has 0 spiro atoms. The van der Waals surface area contributed by atoms with Crippen LogP contribution in [0, 0.1) is 12.7 Å². The fraction of sp³-hybridized carbons (Fsp3) is 0.188. The first-order chi connectivity index (χ1) is 10.0. The van der Waals surface area contributed by atoms with Gasteiger partial charge in [-0.15, -0.1) is 0 Å². The van der Waals surface area contributed by atoms with Crippen molar-refractivity contribution in [2.75, 3.05) is 11.9 Å². The van der Waals surface area contributed by atoms with E-state index in [0.29, 0.717) is 12.1 Å². The second-order valence-electron chi connectivity index (χ2n) is 4.93. The van der Waals surface area contributed by atoms with Crippen LogP contribution in [-0.4, -0.2) is 18.1 Å². The van der Waals surface area contributed by atoms with Gasteiger partial charge in [0.15, 0.2) is 5.84 Å². The van der Waals surface area contributed by atoms with Crippen molar-refractivity contribution in [1.82, 2.24) is 0 Å². The van der Waals surface area contributed by atoms with Gasteiger partial charge in [-0.25, -0.2) is 4.39 Å². The van der Waals surface area contributed by atoms with Gasteiger partial charge in [0, 0.05) is 24.8 Å². The number of nitrogens with zero attached hydrogens (tertiary/aromatic N) is 2. The van der Waals surface area contributed by atoms with Gasteiger partial charge in [0.1, 0.15) is 5.82 Å². The molecule has 0 heterocycles. The van der Waals surface area contributed by atoms with Crippen LogP contribution in [0.25, 0.3) is 0 Å². The maximum absolute atomic E-state index is 13.4. The van der Waals surface area contributed by atoms with Gasteiger partial charge >= 0.3 is 0 Å². The van der Waals surface area contributed by atoms with Crippen molar-refractivity contribution in [3.05, 3.63) is 65.0 Å². The van der Waals surface area contributed by atoms with Crippen molar-refractivity contribution in [3.8, 4) is 0 Å². The summed E-state index contributed by atoms with van der Waals surface area (Å²) in [6, 6.07) is 12.3. The van der Waals surface area contributed by atoms with Crippen LogP contribution in [0.1, 0.15) is 16.7 Å². The molecule has 2 aromatic carbocycles. The van der Waals surface area contributed by atoms with Gasteiger partial charge in [-0.05, 0) is 36.2 Å². The smallest absolute Gasteiger partial charge is 0.170 e. The quantitative estimate of drug-likeness (QED) is 0.393. The molecule has 0 atom stereocenters. The van der Waals surface area contributed by atoms with E-state index in [4.69, 9.17) is 10.9 Å². The average Bonchev–Trinajstić information content (AvgIpc) is 2.48. The second-order valence-corrected chi connectivity index (χ2v) is 4.93. The third-order valence-electron chi connectivity index (χ3n) is 3.39. The normalized spacial score (nSPS) is 11.5. The van der Waals surface area contributed by atoms with E-state index < -0.39 is 5.82 Å². The minimum atomic E-state index is -0.418. The molecular formula is C16H18FN3O. The highest BCUT2D eigenvalue weighted by molar-refractivity contribution is 5.98. The molecule has 0 aliphatic rings. The zero-order chi connectivity index (χ0) is 15.4. The molecule has 110 valence electrons. The Balaban J connectivity index is 2.34. The molecule has 0 unspecified atom stereocenters. The van der Waals surface area contributed by atoms with Crippen LogP contribution in [0.15, 0.2) is 47.6 Å². The molecule has 21 heavy (non-hydrogen) atoms. The first kappa shape index (κ1) is 14.8. The molecule has 5 heteroatoms. The van der Waals surface area contributed by atoms with Crippen molar-refractivity contribution in [2.45, 2.75) is 13.5 Å². The molecule has 0 saturated carbocycles. The van der Waals surface area contributed by atoms with E-state index in [1.807, 2.05) is 43.1 Å². The molecule has 0 radical (unpaired) electrons. The summed E-state index contributed by atoms with van der Waals surface area (Å²) < 4.78 is 13.4. The van der Waals surface area contributed by atoms with Gasteiger partial charge in [0.25, 0.3) is 0 Å². The van der Waals surface area contributed by atoms with E-state index in [0.717, 1.165) is 16.8 Å². The number of hydrogen-bond donors (Lipinski definition) is 2. The van der Waals surface area contributed by atoms with Crippen LogP contribution < -0.4 is 10.6 Å². The zero-order valence-corrected chi connectivity index (χ0v) is 12.0. The lowest BCUT2D eigenvalue weighted by Gasteiger charge is -2.22. The Kier molecular flexibility index (Phi) is 4.42. The van der Waals surface area contributed by atoms with Gasteiger partial charge in [0.05, 0.1) is 0 Å². The van der Waals surface area contributed by atoms with Gasteiger partial charge in [-0.2, -0.15) is 0 Å². The maximum Gasteiger partial charge on any atom is 0.170 e. The highest BCUT2D eigenvalue weighted by atomic mass is 19.1. The Morgan fingerprint density at radius 2 is 2.00 bits per heavy atom. The summed E-state index contributed by atoms with van der Waals surface area (Å²) in [5, 5.41) is 11.8. The Morgan fingerprint density at radius 1 is 1.29 bits per heavy atom. The zero-order valence-electron chi connectivity index (χ0n) is 12.0. The molecule has 0 bridgehead atoms. The number of anilines is 1. The molecule has 4 nitrogen and oxygen atoms in total. The molecule has 0 saturated heterocycles. The molecule has 0 amide bonds. The van der Waals surface area contributed by atoms with Crippen LogP contribution >= 0.6 is 0 Å². The van der Waals surface area contributed by atoms with E-state index in [-0.39, 0.29) is 5.84 Å². The number of aryl methyl sites for hydroxylation is 1. The van der Waals surface area contributed by atoms with Crippen molar-refractivity contribution in [1.29, 1.82) is 0 Å². The van der Waals surface area contributed by atoms with Crippen molar-refractivity contribution < 1.29 is 9.60 Å². The van der Waals surface area contributed by atoms with Crippen molar-refractivity contribution in [2.24, 2.45) is 10.9 Å². The monoisotopic (exact) mass is 287 g/mol. The van der Waals surface area contributed by atoms with E-state index in [9.17, 15) is 4.39 Å². The summed E-state index contributed by atoms with van der Waals surface area (Å²) in [6.07, 6.45) is 0. The summed E-state index contributed by atoms with van der Waals surface area (Å²) in [6.45, 7) is 2.55. The molecule has 0 aromatic heterocycles. The summed E-state index contributed by atoms with van der Waals surface area (Å²) in [5.41, 5.74) is 9.04. The first-order valence-corrected chi connectivity index (χ1v) is 6.56. The lowest BCUT2D eigenvalue weighted by atomic mass is 10.1. The van der Waals surface area contributed by atoms with Crippen LogP contribution in [-0.2, 0) is 6.54 Å². The highest BCUT2D eigenvalue weighted by Crippen LogP contribution is 2.21. The van der Waals surface area contributed by atoms with Gasteiger partial charge in [-0.3, -0.25) is 0 Å². The maximum atomic E-state index is 13.4. The number of benzene rings is 2. The molecular weight excluding hydrogens is 269 g/mol. The molecule has 2 aromatic rings. The highest BCUT2D eigenvalue weighted by Gasteiger charge is 2.12. The number of oxime groups is 1. The lowest BCUT2D eigenvalue weighted by molar-refractivity contribution is 0.318. The SMILES string of the molecule is Cc1ccccc1N(C)Cc1ccc(F)cc1C(N)=NO. The van der Waals surface area contributed by atoms with Crippen LogP contribution in [0.2, 0.25) is 0 Å². The summed E-state index contributed by atoms with van der Waals surface area (Å²) in [4.78, 5) is 2.04. The largest absolute Gasteiger partial charge is 0.409 e. The Morgan fingerprint density at radius 3 is 2.67 bits per heavy atom. The predicted molar refractivity (Wildman–Crippen MR) is 82.2 cm³/mol. The van der Waals surface area contributed by atoms with Gasteiger partial charge in [-0.1, -0.05) is 29.4 Å². The Hall–Kier alpha value is -2.56. The topological polar surface area (TPSA) is 61.8 Å². The second kappa shape index (κ2) is 6.26. The number of nitrogens with two attached hydrogens (primary N) is 1. The molecule has 0 aliphatic carbocycles. The fourth-order valence-corrected chi connectivity index (χ4v) is 2.31. The van der Waals surface area contributed by atoms with E-state index in [2.05, 4.69) is 5.16 Å². The first-order valence-electron chi connectivity index (χ1n) is 6.56. The minimum absolute atomic E-state index is 0.0947. The molecule has 3 N–H and O–H groups in total. The number of amidine groups is 1. The number of para-hydroxylation sites is 1. The molecule has 2 rings (SSSR count). The Labute approximate surface area is 123 Å². The standard InChI is InChI=1S/C16H18FN3O/c1-11-5-3-4-6-15(11)20(2)10-12-7-8-13(17)9-14(12)16(18)19-21/h3-9,21H,10H2,1-2H3,(H2,18,19). The van der Waals surface area contributed by atoms with Crippen LogP contribution in [0.3, 0.4) is 0 Å². The van der Waals surface area contributed by atoms with E-state index in [1.165, 1.54) is 12.1 Å². The van der Waals surface area contributed by atoms with Gasteiger partial charge < -0.3 is 15.8 Å². The van der Waals surface area contributed by atoms with Gasteiger partial charge in [0.2, 0.25) is 0 Å². The number of rotatable bonds is 4. The van der Waals surface area contributed by atoms with Crippen LogP contribution in [0.5, 0.6) is 0 Å². The lowest BCUT2D eigenvalue weighted by Crippen LogP contribution is -2.22. The minimum Gasteiger partial charge on any atom is -0.409 e. The Bertz CT molecular complexity index is 670. The van der Waals surface area contributed by atoms with E-state index in [1.54, 1.807) is 6.07 Å². The van der Waals surface area contributed by atoms with Crippen molar-refractivity contribution in [3.63, 3.8) is 0 Å². The summed E-state index contributed by atoms with van der Waals surface area (Å²) in [5.74, 6) is -0.512. The van der Waals surface area contributed by atoms with Crippen molar-refractivity contribution >= 4 is 11.5 Å². The average molecular weight is 287 g/mol. The summed E-state index contributed by atoms with van der Waals surface area (Å²) >= 11 is 0. The van der Waals surface area contributed by atoms with Crippen LogP contribution in [0.4, 0.5) is 10.1 Å². The third kappa shape index (κ3) is 3.31. The molecule has 0 aliphatic heterocycles. The number of halogens is 1. The summed E-state index contributed by atoms with van der Waals surface area (Å²) in [7, 11) is 1.95. The third-order valence-corrected chi connectivity index (χ3v) is 3.39.